The zero-order valence-electron chi connectivity index (χ0n) is 22.3. The van der Waals surface area contributed by atoms with Gasteiger partial charge in [-0.1, -0.05) is 123 Å². The fourth-order valence-electron chi connectivity index (χ4n) is 4.00. The number of hydrogen-bond acceptors (Lipinski definition) is 4. The van der Waals surface area contributed by atoms with Crippen LogP contribution in [-0.4, -0.2) is 25.2 Å². The lowest BCUT2D eigenvalue weighted by atomic mass is 10.0. The molecule has 4 heteroatoms. The molecule has 0 heterocycles. The van der Waals surface area contributed by atoms with Gasteiger partial charge in [-0.2, -0.15) is 0 Å². The molecule has 0 bridgehead atoms. The van der Waals surface area contributed by atoms with Crippen molar-refractivity contribution in [3.05, 3.63) is 0 Å². The number of esters is 2. The molecule has 0 saturated heterocycles. The molecule has 0 amide bonds. The average Bonchev–Trinajstić information content (AvgIpc) is 2.81. The standard InChI is InChI=1S/C29H56O4/c1-3-5-26-32-28(30)24-22-20-18-16-14-12-10-8-7-9-11-13-15-17-19-21-23-25-29(31)33-27-6-4-2/h3-27H2,1-2H3. The van der Waals surface area contributed by atoms with E-state index < -0.39 is 0 Å². The molecule has 0 spiro atoms. The van der Waals surface area contributed by atoms with E-state index in [1.807, 2.05) is 0 Å². The number of carbonyl (C=O) groups excluding carboxylic acids is 2. The molecule has 0 unspecified atom stereocenters. The minimum Gasteiger partial charge on any atom is -0.466 e. The van der Waals surface area contributed by atoms with Gasteiger partial charge in [0.15, 0.2) is 0 Å². The van der Waals surface area contributed by atoms with Crippen molar-refractivity contribution < 1.29 is 19.1 Å². The van der Waals surface area contributed by atoms with Crippen molar-refractivity contribution in [1.29, 1.82) is 0 Å². The molecule has 0 aliphatic rings. The molecular weight excluding hydrogens is 412 g/mol. The molecule has 4 nitrogen and oxygen atoms in total. The van der Waals surface area contributed by atoms with Crippen molar-refractivity contribution in [2.45, 2.75) is 162 Å². The van der Waals surface area contributed by atoms with Gasteiger partial charge in [0.1, 0.15) is 0 Å². The van der Waals surface area contributed by atoms with Crippen LogP contribution in [0.15, 0.2) is 0 Å². The number of unbranched alkanes of at least 4 members (excludes halogenated alkanes) is 18. The predicted octanol–water partition coefficient (Wildman–Crippen LogP) is 9.08. The van der Waals surface area contributed by atoms with E-state index in [4.69, 9.17) is 9.47 Å². The first-order valence-corrected chi connectivity index (χ1v) is 14.5. The van der Waals surface area contributed by atoms with Gasteiger partial charge in [-0.25, -0.2) is 0 Å². The van der Waals surface area contributed by atoms with Gasteiger partial charge in [-0.3, -0.25) is 9.59 Å². The van der Waals surface area contributed by atoms with Crippen molar-refractivity contribution in [3.8, 4) is 0 Å². The van der Waals surface area contributed by atoms with Gasteiger partial charge >= 0.3 is 11.9 Å². The zero-order chi connectivity index (χ0) is 24.2. The molecule has 0 radical (unpaired) electrons. The van der Waals surface area contributed by atoms with Crippen LogP contribution in [0.2, 0.25) is 0 Å². The Kier molecular flexibility index (Phi) is 26.3. The first-order chi connectivity index (χ1) is 16.2. The van der Waals surface area contributed by atoms with Crippen LogP contribution in [0.5, 0.6) is 0 Å². The molecule has 0 fully saturated rings. The largest absolute Gasteiger partial charge is 0.466 e. The third-order valence-corrected chi connectivity index (χ3v) is 6.28. The maximum Gasteiger partial charge on any atom is 0.305 e. The Bertz CT molecular complexity index is 384. The molecule has 0 aliphatic heterocycles. The molecule has 0 aromatic heterocycles. The van der Waals surface area contributed by atoms with Crippen molar-refractivity contribution in [2.24, 2.45) is 0 Å². The highest BCUT2D eigenvalue weighted by atomic mass is 16.5. The summed E-state index contributed by atoms with van der Waals surface area (Å²) in [5.74, 6) is -0.0275. The molecule has 0 saturated carbocycles. The summed E-state index contributed by atoms with van der Waals surface area (Å²) in [5.41, 5.74) is 0. The zero-order valence-corrected chi connectivity index (χ0v) is 22.3. The first-order valence-electron chi connectivity index (χ1n) is 14.5. The van der Waals surface area contributed by atoms with Crippen LogP contribution in [0, 0.1) is 0 Å². The molecular formula is C29H56O4. The van der Waals surface area contributed by atoms with Gasteiger partial charge in [0.2, 0.25) is 0 Å². The summed E-state index contributed by atoms with van der Waals surface area (Å²) >= 11 is 0. The van der Waals surface area contributed by atoms with Gasteiger partial charge in [-0.05, 0) is 25.7 Å². The van der Waals surface area contributed by atoms with E-state index in [1.54, 1.807) is 0 Å². The fraction of sp³-hybridized carbons (Fsp3) is 0.931. The van der Waals surface area contributed by atoms with Crippen LogP contribution < -0.4 is 0 Å². The molecule has 0 aromatic carbocycles. The average molecular weight is 469 g/mol. The lowest BCUT2D eigenvalue weighted by Gasteiger charge is -2.05. The van der Waals surface area contributed by atoms with E-state index in [0.717, 1.165) is 51.4 Å². The van der Waals surface area contributed by atoms with Gasteiger partial charge in [0.25, 0.3) is 0 Å². The molecule has 196 valence electrons. The van der Waals surface area contributed by atoms with E-state index in [2.05, 4.69) is 13.8 Å². The molecule has 0 atom stereocenters. The monoisotopic (exact) mass is 468 g/mol. The summed E-state index contributed by atoms with van der Waals surface area (Å²) in [4.78, 5) is 23.0. The van der Waals surface area contributed by atoms with Gasteiger partial charge in [-0.15, -0.1) is 0 Å². The number of ether oxygens (including phenoxy) is 2. The predicted molar refractivity (Wildman–Crippen MR) is 139 cm³/mol. The summed E-state index contributed by atoms with van der Waals surface area (Å²) < 4.78 is 10.4. The molecule has 0 aromatic rings. The first kappa shape index (κ1) is 31.9. The second-order valence-corrected chi connectivity index (χ2v) is 9.66. The Morgan fingerprint density at radius 3 is 0.879 bits per heavy atom. The van der Waals surface area contributed by atoms with Crippen LogP contribution in [0.25, 0.3) is 0 Å². The second-order valence-electron chi connectivity index (χ2n) is 9.66. The maximum atomic E-state index is 11.5. The number of rotatable bonds is 26. The highest BCUT2D eigenvalue weighted by molar-refractivity contribution is 5.69. The highest BCUT2D eigenvalue weighted by Gasteiger charge is 2.03. The van der Waals surface area contributed by atoms with E-state index in [-0.39, 0.29) is 11.9 Å². The van der Waals surface area contributed by atoms with Crippen LogP contribution in [0.1, 0.15) is 162 Å². The van der Waals surface area contributed by atoms with Crippen LogP contribution >= 0.6 is 0 Å². The Hall–Kier alpha value is -1.06. The fourth-order valence-corrected chi connectivity index (χ4v) is 4.00. The summed E-state index contributed by atoms with van der Waals surface area (Å²) in [7, 11) is 0. The Morgan fingerprint density at radius 1 is 0.394 bits per heavy atom. The van der Waals surface area contributed by atoms with Gasteiger partial charge in [0.05, 0.1) is 13.2 Å². The maximum absolute atomic E-state index is 11.5. The van der Waals surface area contributed by atoms with E-state index in [1.165, 1.54) is 83.5 Å². The minimum absolute atomic E-state index is 0.0137. The molecule has 0 rings (SSSR count). The topological polar surface area (TPSA) is 52.6 Å². The van der Waals surface area contributed by atoms with Crippen molar-refractivity contribution in [1.82, 2.24) is 0 Å². The Balaban J connectivity index is 3.13. The van der Waals surface area contributed by atoms with Crippen molar-refractivity contribution in [2.75, 3.05) is 13.2 Å². The lowest BCUT2D eigenvalue weighted by Crippen LogP contribution is -2.05. The van der Waals surface area contributed by atoms with Crippen LogP contribution in [-0.2, 0) is 19.1 Å². The minimum atomic E-state index is -0.0137. The highest BCUT2D eigenvalue weighted by Crippen LogP contribution is 2.15. The lowest BCUT2D eigenvalue weighted by molar-refractivity contribution is -0.144. The molecule has 0 N–H and O–H groups in total. The van der Waals surface area contributed by atoms with E-state index in [9.17, 15) is 9.59 Å². The van der Waals surface area contributed by atoms with Crippen molar-refractivity contribution in [3.63, 3.8) is 0 Å². The smallest absolute Gasteiger partial charge is 0.305 e. The third-order valence-electron chi connectivity index (χ3n) is 6.28. The van der Waals surface area contributed by atoms with Crippen LogP contribution in [0.3, 0.4) is 0 Å². The third kappa shape index (κ3) is 27.1. The number of hydrogen-bond donors (Lipinski definition) is 0. The van der Waals surface area contributed by atoms with Crippen LogP contribution in [0.4, 0.5) is 0 Å². The Morgan fingerprint density at radius 2 is 0.636 bits per heavy atom. The van der Waals surface area contributed by atoms with Gasteiger partial charge < -0.3 is 9.47 Å². The number of carbonyl (C=O) groups is 2. The van der Waals surface area contributed by atoms with Gasteiger partial charge in [0, 0.05) is 12.8 Å². The summed E-state index contributed by atoms with van der Waals surface area (Å²) in [5, 5.41) is 0. The Labute approximate surface area is 206 Å². The summed E-state index contributed by atoms with van der Waals surface area (Å²) in [6.07, 6.45) is 27.1. The SMILES string of the molecule is CCCCOC(=O)CCCCCCCCCCCCCCCCCCCC(=O)OCCCC. The second kappa shape index (κ2) is 27.2. The summed E-state index contributed by atoms with van der Waals surface area (Å²) in [6.45, 7) is 5.40. The molecule has 0 aliphatic carbocycles. The quantitative estimate of drug-likeness (QED) is 0.0938. The van der Waals surface area contributed by atoms with Crippen molar-refractivity contribution >= 4 is 11.9 Å². The summed E-state index contributed by atoms with van der Waals surface area (Å²) in [6, 6.07) is 0. The van der Waals surface area contributed by atoms with E-state index >= 15 is 0 Å². The molecule has 33 heavy (non-hydrogen) atoms. The van der Waals surface area contributed by atoms with E-state index in [0.29, 0.717) is 26.1 Å². The normalized spacial score (nSPS) is 11.0.